The van der Waals surface area contributed by atoms with Gasteiger partial charge in [-0.2, -0.15) is 5.10 Å². The molecule has 37 heavy (non-hydrogen) atoms. The molecule has 1 heterocycles. The first kappa shape index (κ1) is 26.5. The standard InChI is InChI=1S/C27H24Cl2N4O3S/c1-19-16-21(20(2)33(19)25-14-10-23(29)11-15-25)17-30-31-27(34)18-32(24-12-8-22(28)9-13-24)37(35,36)26-6-4-3-5-7-26/h3-17H,18H2,1-2H3,(H,31,34)/b30-17-. The number of nitrogens with zero attached hydrogens (tertiary/aromatic N) is 3. The normalized spacial score (nSPS) is 11.6. The number of carbonyl (C=O) groups is 1. The number of halogens is 2. The van der Waals surface area contributed by atoms with Crippen LogP contribution in [0.5, 0.6) is 0 Å². The predicted octanol–water partition coefficient (Wildman–Crippen LogP) is 5.75. The van der Waals surface area contributed by atoms with Crippen molar-refractivity contribution < 1.29 is 13.2 Å². The average Bonchev–Trinajstić information content (AvgIpc) is 3.17. The highest BCUT2D eigenvalue weighted by molar-refractivity contribution is 7.92. The molecular weight excluding hydrogens is 531 g/mol. The van der Waals surface area contributed by atoms with Crippen molar-refractivity contribution in [2.24, 2.45) is 5.10 Å². The minimum Gasteiger partial charge on any atom is -0.318 e. The van der Waals surface area contributed by atoms with Crippen molar-refractivity contribution >= 4 is 51.0 Å². The quantitative estimate of drug-likeness (QED) is 0.222. The van der Waals surface area contributed by atoms with E-state index < -0.39 is 22.5 Å². The third-order valence-corrected chi connectivity index (χ3v) is 7.97. The monoisotopic (exact) mass is 554 g/mol. The van der Waals surface area contributed by atoms with Gasteiger partial charge in [0.15, 0.2) is 0 Å². The third-order valence-electron chi connectivity index (χ3n) is 5.68. The Hall–Kier alpha value is -3.59. The molecule has 0 bridgehead atoms. The van der Waals surface area contributed by atoms with Crippen LogP contribution in [0.4, 0.5) is 5.69 Å². The second kappa shape index (κ2) is 11.2. The molecule has 10 heteroatoms. The Morgan fingerprint density at radius 1 is 0.946 bits per heavy atom. The maximum atomic E-state index is 13.4. The van der Waals surface area contributed by atoms with Crippen molar-refractivity contribution in [2.75, 3.05) is 10.8 Å². The Morgan fingerprint density at radius 3 is 2.16 bits per heavy atom. The number of sulfonamides is 1. The van der Waals surface area contributed by atoms with E-state index in [9.17, 15) is 13.2 Å². The molecule has 0 radical (unpaired) electrons. The topological polar surface area (TPSA) is 83.8 Å². The molecule has 3 aromatic carbocycles. The van der Waals surface area contributed by atoms with Gasteiger partial charge in [-0.25, -0.2) is 13.8 Å². The number of anilines is 1. The summed E-state index contributed by atoms with van der Waals surface area (Å²) >= 11 is 12.0. The van der Waals surface area contributed by atoms with Crippen molar-refractivity contribution in [1.82, 2.24) is 9.99 Å². The SMILES string of the molecule is Cc1cc(/C=N\NC(=O)CN(c2ccc(Cl)cc2)S(=O)(=O)c2ccccc2)c(C)n1-c1ccc(Cl)cc1. The number of hydrogen-bond donors (Lipinski definition) is 1. The van der Waals surface area contributed by atoms with E-state index in [1.165, 1.54) is 18.3 Å². The molecule has 0 saturated carbocycles. The first-order chi connectivity index (χ1) is 17.7. The van der Waals surface area contributed by atoms with Gasteiger partial charge >= 0.3 is 0 Å². The number of benzene rings is 3. The second-order valence-corrected chi connectivity index (χ2v) is 11.0. The maximum Gasteiger partial charge on any atom is 0.264 e. The van der Waals surface area contributed by atoms with Gasteiger partial charge in [0, 0.05) is 32.7 Å². The number of carbonyl (C=O) groups excluding carboxylic acids is 1. The van der Waals surface area contributed by atoms with Gasteiger partial charge < -0.3 is 4.57 Å². The first-order valence-electron chi connectivity index (χ1n) is 11.3. The summed E-state index contributed by atoms with van der Waals surface area (Å²) in [6, 6.07) is 23.6. The van der Waals surface area contributed by atoms with E-state index in [1.54, 1.807) is 42.5 Å². The van der Waals surface area contributed by atoms with Crippen molar-refractivity contribution in [3.63, 3.8) is 0 Å². The number of hydrazone groups is 1. The van der Waals surface area contributed by atoms with Crippen LogP contribution in [-0.2, 0) is 14.8 Å². The van der Waals surface area contributed by atoms with Crippen LogP contribution in [0, 0.1) is 13.8 Å². The molecule has 0 saturated heterocycles. The molecule has 0 unspecified atom stereocenters. The fourth-order valence-electron chi connectivity index (χ4n) is 3.89. The lowest BCUT2D eigenvalue weighted by Crippen LogP contribution is -2.39. The number of hydrogen-bond acceptors (Lipinski definition) is 4. The highest BCUT2D eigenvalue weighted by Gasteiger charge is 2.27. The summed E-state index contributed by atoms with van der Waals surface area (Å²) in [7, 11) is -4.02. The molecule has 0 aliphatic rings. The fraction of sp³-hybridized carbons (Fsp3) is 0.111. The van der Waals surface area contributed by atoms with Gasteiger partial charge in [0.05, 0.1) is 16.8 Å². The zero-order valence-corrected chi connectivity index (χ0v) is 22.4. The number of amides is 1. The Balaban J connectivity index is 1.53. The van der Waals surface area contributed by atoms with Gasteiger partial charge in [-0.05, 0) is 80.6 Å². The maximum absolute atomic E-state index is 13.4. The van der Waals surface area contributed by atoms with Gasteiger partial charge in [0.2, 0.25) is 0 Å². The van der Waals surface area contributed by atoms with Gasteiger partial charge in [-0.3, -0.25) is 9.10 Å². The molecule has 190 valence electrons. The molecule has 0 aliphatic heterocycles. The van der Waals surface area contributed by atoms with Crippen LogP contribution in [0.15, 0.2) is 94.9 Å². The second-order valence-electron chi connectivity index (χ2n) is 8.23. The first-order valence-corrected chi connectivity index (χ1v) is 13.5. The van der Waals surface area contributed by atoms with Crippen LogP contribution in [0.2, 0.25) is 10.0 Å². The molecule has 1 N–H and O–H groups in total. The van der Waals surface area contributed by atoms with E-state index in [2.05, 4.69) is 10.5 Å². The Kier molecular flexibility index (Phi) is 8.02. The summed E-state index contributed by atoms with van der Waals surface area (Å²) in [5.41, 5.74) is 6.41. The van der Waals surface area contributed by atoms with Gasteiger partial charge in [0.1, 0.15) is 6.54 Å². The van der Waals surface area contributed by atoms with E-state index in [0.717, 1.165) is 26.9 Å². The lowest BCUT2D eigenvalue weighted by Gasteiger charge is -2.23. The lowest BCUT2D eigenvalue weighted by atomic mass is 10.2. The molecule has 0 fully saturated rings. The number of aryl methyl sites for hydroxylation is 1. The van der Waals surface area contributed by atoms with Crippen molar-refractivity contribution in [2.45, 2.75) is 18.7 Å². The molecule has 1 aromatic heterocycles. The molecule has 7 nitrogen and oxygen atoms in total. The van der Waals surface area contributed by atoms with Gasteiger partial charge in [-0.1, -0.05) is 41.4 Å². The molecule has 4 rings (SSSR count). The van der Waals surface area contributed by atoms with E-state index >= 15 is 0 Å². The lowest BCUT2D eigenvalue weighted by molar-refractivity contribution is -0.119. The molecule has 1 amide bonds. The minimum absolute atomic E-state index is 0.0656. The Morgan fingerprint density at radius 2 is 1.54 bits per heavy atom. The highest BCUT2D eigenvalue weighted by Crippen LogP contribution is 2.25. The fourth-order valence-corrected chi connectivity index (χ4v) is 5.58. The van der Waals surface area contributed by atoms with Crippen molar-refractivity contribution in [3.05, 3.63) is 112 Å². The van der Waals surface area contributed by atoms with Crippen molar-refractivity contribution in [1.29, 1.82) is 0 Å². The van der Waals surface area contributed by atoms with E-state index in [4.69, 9.17) is 23.2 Å². The molecule has 0 atom stereocenters. The van der Waals surface area contributed by atoms with Gasteiger partial charge in [-0.15, -0.1) is 0 Å². The Labute approximate surface area is 226 Å². The minimum atomic E-state index is -4.02. The van der Waals surface area contributed by atoms with E-state index in [0.29, 0.717) is 15.7 Å². The summed E-state index contributed by atoms with van der Waals surface area (Å²) in [6.45, 7) is 3.44. The molecular formula is C27H24Cl2N4O3S. The zero-order valence-electron chi connectivity index (χ0n) is 20.1. The van der Waals surface area contributed by atoms with Crippen LogP contribution >= 0.6 is 23.2 Å². The molecule has 4 aromatic rings. The smallest absolute Gasteiger partial charge is 0.264 e. The Bertz CT molecular complexity index is 1530. The predicted molar refractivity (Wildman–Crippen MR) is 148 cm³/mol. The highest BCUT2D eigenvalue weighted by atomic mass is 35.5. The third kappa shape index (κ3) is 6.05. The van der Waals surface area contributed by atoms with Crippen LogP contribution < -0.4 is 9.73 Å². The van der Waals surface area contributed by atoms with Crippen molar-refractivity contribution in [3.8, 4) is 5.69 Å². The summed E-state index contributed by atoms with van der Waals surface area (Å²) in [5.74, 6) is -0.600. The zero-order chi connectivity index (χ0) is 26.6. The summed E-state index contributed by atoms with van der Waals surface area (Å²) in [4.78, 5) is 12.9. The average molecular weight is 555 g/mol. The molecule has 0 aliphatic carbocycles. The summed E-state index contributed by atoms with van der Waals surface area (Å²) in [6.07, 6.45) is 1.53. The van der Waals surface area contributed by atoms with E-state index in [1.807, 2.05) is 48.7 Å². The number of nitrogens with one attached hydrogen (secondary N) is 1. The van der Waals surface area contributed by atoms with Crippen LogP contribution in [0.3, 0.4) is 0 Å². The molecule has 0 spiro atoms. The summed E-state index contributed by atoms with van der Waals surface area (Å²) < 4.78 is 29.8. The largest absolute Gasteiger partial charge is 0.318 e. The van der Waals surface area contributed by atoms with E-state index in [-0.39, 0.29) is 4.90 Å². The van der Waals surface area contributed by atoms with Gasteiger partial charge in [0.25, 0.3) is 15.9 Å². The van der Waals surface area contributed by atoms with Crippen LogP contribution in [0.25, 0.3) is 5.69 Å². The summed E-state index contributed by atoms with van der Waals surface area (Å²) in [5, 5.41) is 5.18. The van der Waals surface area contributed by atoms with Crippen LogP contribution in [-0.4, -0.2) is 31.7 Å². The number of rotatable bonds is 8. The van der Waals surface area contributed by atoms with Crippen LogP contribution in [0.1, 0.15) is 17.0 Å². The number of aromatic nitrogens is 1.